The molecule has 3 fully saturated rings. The Kier molecular flexibility index (Phi) is 4.93. The molecule has 1 aliphatic heterocycles. The van der Waals surface area contributed by atoms with Gasteiger partial charge >= 0.3 is 0 Å². The van der Waals surface area contributed by atoms with Gasteiger partial charge in [-0.15, -0.1) is 12.4 Å². The molecule has 2 saturated carbocycles. The second-order valence-corrected chi connectivity index (χ2v) is 8.82. The van der Waals surface area contributed by atoms with E-state index < -0.39 is 0 Å². The van der Waals surface area contributed by atoms with E-state index >= 15 is 0 Å². The fraction of sp³-hybridized carbons (Fsp3) is 0.789. The Morgan fingerprint density at radius 1 is 1.36 bits per heavy atom. The number of amides is 1. The molecule has 0 aromatic carbocycles. The normalized spacial score (nSPS) is 36.0. The largest absolute Gasteiger partial charge is 0.347 e. The van der Waals surface area contributed by atoms with E-state index in [2.05, 4.69) is 36.5 Å². The van der Waals surface area contributed by atoms with E-state index in [4.69, 9.17) is 0 Å². The number of carbonyl (C=O) groups excluding carboxylic acids is 1. The van der Waals surface area contributed by atoms with Gasteiger partial charge in [0.25, 0.3) is 5.91 Å². The van der Waals surface area contributed by atoms with Crippen molar-refractivity contribution in [2.45, 2.75) is 65.0 Å². The average Bonchev–Trinajstić information content (AvgIpc) is 3.19. The minimum atomic E-state index is -0.00732. The highest BCUT2D eigenvalue weighted by Crippen LogP contribution is 2.65. The highest BCUT2D eigenvalue weighted by Gasteiger charge is 2.61. The standard InChI is InChI=1S/C19H30N4O.ClH/c1-18(2)13-6-8-19(18,3)16(11-13)21-17(24)15-7-10-23(22-15)14-5-4-9-20-12-14;/h7,10,13-14,16,20H,4-6,8-9,11-12H2,1-3H3,(H,21,24);1H. The molecular formula is C19H31ClN4O. The van der Waals surface area contributed by atoms with Gasteiger partial charge < -0.3 is 10.6 Å². The number of piperidine rings is 1. The second-order valence-electron chi connectivity index (χ2n) is 8.82. The minimum Gasteiger partial charge on any atom is -0.347 e. The van der Waals surface area contributed by atoms with E-state index in [9.17, 15) is 4.79 Å². The summed E-state index contributed by atoms with van der Waals surface area (Å²) in [6, 6.07) is 2.52. The number of hydrogen-bond acceptors (Lipinski definition) is 3. The van der Waals surface area contributed by atoms with Crippen molar-refractivity contribution in [3.63, 3.8) is 0 Å². The maximum Gasteiger partial charge on any atom is 0.272 e. The fourth-order valence-electron chi connectivity index (χ4n) is 5.38. The molecule has 4 rings (SSSR count). The van der Waals surface area contributed by atoms with Gasteiger partial charge in [0.15, 0.2) is 0 Å². The van der Waals surface area contributed by atoms with Crippen LogP contribution in [-0.4, -0.2) is 34.8 Å². The Balaban J connectivity index is 0.00000182. The quantitative estimate of drug-likeness (QED) is 0.863. The first kappa shape index (κ1) is 18.7. The van der Waals surface area contributed by atoms with Gasteiger partial charge in [-0.2, -0.15) is 5.10 Å². The number of aromatic nitrogens is 2. The zero-order valence-corrected chi connectivity index (χ0v) is 16.4. The lowest BCUT2D eigenvalue weighted by Crippen LogP contribution is -2.47. The molecule has 1 aromatic rings. The third-order valence-electron chi connectivity index (χ3n) is 7.59. The van der Waals surface area contributed by atoms with Gasteiger partial charge in [-0.25, -0.2) is 0 Å². The van der Waals surface area contributed by atoms with Crippen LogP contribution in [0.2, 0.25) is 0 Å². The molecule has 2 heterocycles. The van der Waals surface area contributed by atoms with Crippen LogP contribution in [0, 0.1) is 16.7 Å². The van der Waals surface area contributed by atoms with E-state index in [1.54, 1.807) is 0 Å². The first-order chi connectivity index (χ1) is 11.4. The summed E-state index contributed by atoms with van der Waals surface area (Å²) in [7, 11) is 0. The highest BCUT2D eigenvalue weighted by molar-refractivity contribution is 5.92. The van der Waals surface area contributed by atoms with Gasteiger partial charge in [-0.1, -0.05) is 20.8 Å². The summed E-state index contributed by atoms with van der Waals surface area (Å²) in [4.78, 5) is 12.7. The Bertz CT molecular complexity index is 637. The number of nitrogens with one attached hydrogen (secondary N) is 2. The predicted octanol–water partition coefficient (Wildman–Crippen LogP) is 3.17. The predicted molar refractivity (Wildman–Crippen MR) is 101 cm³/mol. The molecule has 25 heavy (non-hydrogen) atoms. The molecule has 3 aliphatic rings. The Morgan fingerprint density at radius 3 is 2.76 bits per heavy atom. The molecule has 1 amide bonds. The maximum absolute atomic E-state index is 12.7. The first-order valence-electron chi connectivity index (χ1n) is 9.48. The first-order valence-corrected chi connectivity index (χ1v) is 9.48. The monoisotopic (exact) mass is 366 g/mol. The summed E-state index contributed by atoms with van der Waals surface area (Å²) in [6.07, 6.45) is 7.90. The molecule has 1 saturated heterocycles. The lowest BCUT2D eigenvalue weighted by molar-refractivity contribution is 0.0820. The van der Waals surface area contributed by atoms with Crippen LogP contribution in [0.1, 0.15) is 69.4 Å². The van der Waals surface area contributed by atoms with Crippen LogP contribution in [0.25, 0.3) is 0 Å². The minimum absolute atomic E-state index is 0. The van der Waals surface area contributed by atoms with E-state index in [1.807, 2.05) is 16.9 Å². The lowest BCUT2D eigenvalue weighted by atomic mass is 9.69. The summed E-state index contributed by atoms with van der Waals surface area (Å²) in [5, 5.41) is 11.3. The van der Waals surface area contributed by atoms with Gasteiger partial charge in [-0.05, 0) is 61.5 Å². The van der Waals surface area contributed by atoms with E-state index in [1.165, 1.54) is 19.3 Å². The number of fused-ring (bicyclic) bond motifs is 2. The Labute approximate surface area is 156 Å². The zero-order chi connectivity index (χ0) is 16.9. The summed E-state index contributed by atoms with van der Waals surface area (Å²) >= 11 is 0. The van der Waals surface area contributed by atoms with Crippen molar-refractivity contribution in [3.8, 4) is 0 Å². The number of nitrogens with zero attached hydrogens (tertiary/aromatic N) is 2. The SMILES string of the molecule is CC1(C)C2CCC1(C)C(NC(=O)c1ccn(C3CCCNC3)n1)C2.Cl. The molecule has 4 atom stereocenters. The molecule has 2 aliphatic carbocycles. The fourth-order valence-corrected chi connectivity index (χ4v) is 5.38. The van der Waals surface area contributed by atoms with Gasteiger partial charge in [0.2, 0.25) is 0 Å². The number of carbonyl (C=O) groups is 1. The van der Waals surface area contributed by atoms with E-state index in [-0.39, 0.29) is 29.8 Å². The van der Waals surface area contributed by atoms with Crippen LogP contribution >= 0.6 is 12.4 Å². The van der Waals surface area contributed by atoms with Gasteiger partial charge in [0.05, 0.1) is 6.04 Å². The third-order valence-corrected chi connectivity index (χ3v) is 7.59. The second kappa shape index (κ2) is 6.58. The molecule has 0 radical (unpaired) electrons. The molecule has 2 N–H and O–H groups in total. The van der Waals surface area contributed by atoms with E-state index in [0.29, 0.717) is 17.2 Å². The van der Waals surface area contributed by atoms with Crippen LogP contribution in [0.5, 0.6) is 0 Å². The van der Waals surface area contributed by atoms with Crippen molar-refractivity contribution in [1.82, 2.24) is 20.4 Å². The molecule has 4 unspecified atom stereocenters. The van der Waals surface area contributed by atoms with Crippen molar-refractivity contribution >= 4 is 18.3 Å². The van der Waals surface area contributed by atoms with Crippen LogP contribution in [0.4, 0.5) is 0 Å². The number of halogens is 1. The van der Waals surface area contributed by atoms with Crippen LogP contribution in [0.3, 0.4) is 0 Å². The van der Waals surface area contributed by atoms with Crippen LogP contribution < -0.4 is 10.6 Å². The molecule has 6 heteroatoms. The van der Waals surface area contributed by atoms with Crippen molar-refractivity contribution < 1.29 is 4.79 Å². The lowest BCUT2D eigenvalue weighted by Gasteiger charge is -2.39. The maximum atomic E-state index is 12.7. The third kappa shape index (κ3) is 2.89. The van der Waals surface area contributed by atoms with Crippen molar-refractivity contribution in [3.05, 3.63) is 18.0 Å². The highest BCUT2D eigenvalue weighted by atomic mass is 35.5. The summed E-state index contributed by atoms with van der Waals surface area (Å²) in [5.74, 6) is 0.728. The van der Waals surface area contributed by atoms with Crippen molar-refractivity contribution in [2.75, 3.05) is 13.1 Å². The van der Waals surface area contributed by atoms with Gasteiger partial charge in [-0.3, -0.25) is 9.48 Å². The summed E-state index contributed by atoms with van der Waals surface area (Å²) < 4.78 is 1.97. The molecule has 0 spiro atoms. The van der Waals surface area contributed by atoms with Gasteiger partial charge in [0, 0.05) is 18.8 Å². The molecule has 140 valence electrons. The Morgan fingerprint density at radius 2 is 2.16 bits per heavy atom. The summed E-state index contributed by atoms with van der Waals surface area (Å²) in [6.45, 7) is 9.14. The zero-order valence-electron chi connectivity index (χ0n) is 15.5. The molecular weight excluding hydrogens is 336 g/mol. The van der Waals surface area contributed by atoms with Crippen LogP contribution in [-0.2, 0) is 0 Å². The van der Waals surface area contributed by atoms with Gasteiger partial charge in [0.1, 0.15) is 5.69 Å². The molecule has 1 aromatic heterocycles. The number of rotatable bonds is 3. The van der Waals surface area contributed by atoms with Crippen molar-refractivity contribution in [2.24, 2.45) is 16.7 Å². The number of hydrogen-bond donors (Lipinski definition) is 2. The van der Waals surface area contributed by atoms with Crippen LogP contribution in [0.15, 0.2) is 12.3 Å². The van der Waals surface area contributed by atoms with E-state index in [0.717, 1.165) is 31.8 Å². The molecule has 5 nitrogen and oxygen atoms in total. The molecule has 2 bridgehead atoms. The average molecular weight is 367 g/mol. The summed E-state index contributed by atoms with van der Waals surface area (Å²) in [5.41, 5.74) is 1.09. The van der Waals surface area contributed by atoms with Crippen molar-refractivity contribution in [1.29, 1.82) is 0 Å². The topological polar surface area (TPSA) is 59.0 Å². The smallest absolute Gasteiger partial charge is 0.272 e. The Hall–Kier alpha value is -1.07.